The van der Waals surface area contributed by atoms with Crippen LogP contribution in [0.3, 0.4) is 0 Å². The number of anilines is 1. The van der Waals surface area contributed by atoms with E-state index in [0.29, 0.717) is 5.69 Å². The molecule has 6 heteroatoms. The zero-order chi connectivity index (χ0) is 15.6. The Kier molecular flexibility index (Phi) is 4.91. The molecular weight excluding hydrogens is 319 g/mol. The van der Waals surface area contributed by atoms with E-state index in [1.807, 2.05) is 6.92 Å². The molecule has 2 aromatic rings. The number of benzene rings is 2. The molecule has 2 nitrogen and oxygen atoms in total. The predicted octanol–water partition coefficient (Wildman–Crippen LogP) is 5.45. The van der Waals surface area contributed by atoms with Crippen molar-refractivity contribution in [1.82, 2.24) is 0 Å². The lowest BCUT2D eigenvalue weighted by molar-refractivity contribution is 0.385. The summed E-state index contributed by atoms with van der Waals surface area (Å²) in [5.41, 5.74) is 1.21. The second-order valence-electron chi connectivity index (χ2n) is 4.50. The smallest absolute Gasteiger partial charge is 0.165 e. The normalized spacial score (nSPS) is 12.1. The molecule has 0 aromatic heterocycles. The molecule has 0 amide bonds. The van der Waals surface area contributed by atoms with Crippen LogP contribution in [0.15, 0.2) is 30.3 Å². The first-order chi connectivity index (χ1) is 9.92. The first kappa shape index (κ1) is 15.9. The molecule has 0 heterocycles. The molecule has 1 N–H and O–H groups in total. The fourth-order valence-electron chi connectivity index (χ4n) is 1.93. The third-order valence-corrected chi connectivity index (χ3v) is 3.64. The lowest BCUT2D eigenvalue weighted by Crippen LogP contribution is -2.08. The molecular formula is C15H13Cl2F2NO. The molecule has 1 unspecified atom stereocenters. The molecule has 0 aliphatic rings. The molecule has 0 saturated carbocycles. The van der Waals surface area contributed by atoms with E-state index in [-0.39, 0.29) is 21.8 Å². The van der Waals surface area contributed by atoms with Crippen molar-refractivity contribution in [3.63, 3.8) is 0 Å². The van der Waals surface area contributed by atoms with E-state index in [1.165, 1.54) is 25.3 Å². The van der Waals surface area contributed by atoms with Gasteiger partial charge in [-0.15, -0.1) is 0 Å². The van der Waals surface area contributed by atoms with E-state index in [9.17, 15) is 8.78 Å². The third kappa shape index (κ3) is 3.57. The van der Waals surface area contributed by atoms with Gasteiger partial charge in [-0.25, -0.2) is 8.78 Å². The molecule has 0 bridgehead atoms. The summed E-state index contributed by atoms with van der Waals surface area (Å²) in [6.07, 6.45) is 0. The van der Waals surface area contributed by atoms with Crippen LogP contribution in [0.1, 0.15) is 18.5 Å². The van der Waals surface area contributed by atoms with Crippen molar-refractivity contribution in [1.29, 1.82) is 0 Å². The van der Waals surface area contributed by atoms with Crippen molar-refractivity contribution in [2.24, 2.45) is 0 Å². The quantitative estimate of drug-likeness (QED) is 0.803. The summed E-state index contributed by atoms with van der Waals surface area (Å²) in [6.45, 7) is 1.85. The van der Waals surface area contributed by atoms with Gasteiger partial charge in [-0.2, -0.15) is 0 Å². The van der Waals surface area contributed by atoms with Crippen LogP contribution in [0.25, 0.3) is 0 Å². The number of hydrogen-bond donors (Lipinski definition) is 1. The van der Waals surface area contributed by atoms with Gasteiger partial charge in [-0.3, -0.25) is 0 Å². The van der Waals surface area contributed by atoms with Crippen LogP contribution < -0.4 is 10.1 Å². The Labute approximate surface area is 131 Å². The average molecular weight is 332 g/mol. The summed E-state index contributed by atoms with van der Waals surface area (Å²) in [5, 5.41) is 3.45. The third-order valence-electron chi connectivity index (χ3n) is 3.04. The van der Waals surface area contributed by atoms with Gasteiger partial charge in [0.05, 0.1) is 22.8 Å². The van der Waals surface area contributed by atoms with Gasteiger partial charge in [0.1, 0.15) is 5.82 Å². The summed E-state index contributed by atoms with van der Waals surface area (Å²) >= 11 is 12.0. The van der Waals surface area contributed by atoms with E-state index >= 15 is 0 Å². The number of ether oxygens (including phenoxy) is 1. The van der Waals surface area contributed by atoms with E-state index in [2.05, 4.69) is 5.32 Å². The molecule has 2 rings (SSSR count). The summed E-state index contributed by atoms with van der Waals surface area (Å²) in [7, 11) is 1.40. The maximum Gasteiger partial charge on any atom is 0.165 e. The van der Waals surface area contributed by atoms with Crippen LogP contribution >= 0.6 is 23.2 Å². The summed E-state index contributed by atoms with van der Waals surface area (Å²) in [5.74, 6) is -0.796. The highest BCUT2D eigenvalue weighted by molar-refractivity contribution is 6.39. The minimum Gasteiger partial charge on any atom is -0.494 e. The summed E-state index contributed by atoms with van der Waals surface area (Å²) < 4.78 is 31.5. The minimum atomic E-state index is -0.508. The first-order valence-corrected chi connectivity index (χ1v) is 6.92. The maximum absolute atomic E-state index is 13.4. The SMILES string of the molecule is COc1cc(C(C)Nc2c(Cl)cc(F)cc2Cl)ccc1F. The second kappa shape index (κ2) is 6.50. The van der Waals surface area contributed by atoms with Crippen LogP contribution in [0.4, 0.5) is 14.5 Å². The standard InChI is InChI=1S/C15H13Cl2F2NO/c1-8(9-3-4-13(19)14(5-9)21-2)20-15-11(16)6-10(18)7-12(15)17/h3-8,20H,1-2H3. The summed E-state index contributed by atoms with van der Waals surface area (Å²) in [6, 6.07) is 6.65. The fraction of sp³-hybridized carbons (Fsp3) is 0.200. The fourth-order valence-corrected chi connectivity index (χ4v) is 2.50. The van der Waals surface area contributed by atoms with E-state index < -0.39 is 11.6 Å². The molecule has 21 heavy (non-hydrogen) atoms. The molecule has 0 aliphatic carbocycles. The Bertz CT molecular complexity index is 641. The van der Waals surface area contributed by atoms with Gasteiger partial charge < -0.3 is 10.1 Å². The van der Waals surface area contributed by atoms with Crippen molar-refractivity contribution in [2.45, 2.75) is 13.0 Å². The van der Waals surface area contributed by atoms with E-state index in [1.54, 1.807) is 12.1 Å². The lowest BCUT2D eigenvalue weighted by atomic mass is 10.1. The molecule has 0 aliphatic heterocycles. The van der Waals surface area contributed by atoms with Gasteiger partial charge in [-0.1, -0.05) is 29.3 Å². The Balaban J connectivity index is 2.28. The highest BCUT2D eigenvalue weighted by Crippen LogP contribution is 2.34. The van der Waals surface area contributed by atoms with E-state index in [0.717, 1.165) is 5.56 Å². The molecule has 0 radical (unpaired) electrons. The Morgan fingerprint density at radius 2 is 1.71 bits per heavy atom. The van der Waals surface area contributed by atoms with Crippen LogP contribution in [0.5, 0.6) is 5.75 Å². The number of nitrogens with one attached hydrogen (secondary N) is 1. The number of halogens is 4. The maximum atomic E-state index is 13.4. The van der Waals surface area contributed by atoms with Crippen molar-refractivity contribution in [3.8, 4) is 5.75 Å². The molecule has 112 valence electrons. The number of methoxy groups -OCH3 is 1. The van der Waals surface area contributed by atoms with Crippen LogP contribution in [0.2, 0.25) is 10.0 Å². The summed E-state index contributed by atoms with van der Waals surface area (Å²) in [4.78, 5) is 0. The monoisotopic (exact) mass is 331 g/mol. The van der Waals surface area contributed by atoms with Gasteiger partial charge >= 0.3 is 0 Å². The van der Waals surface area contributed by atoms with E-state index in [4.69, 9.17) is 27.9 Å². The molecule has 0 saturated heterocycles. The van der Waals surface area contributed by atoms with Gasteiger partial charge in [0.25, 0.3) is 0 Å². The van der Waals surface area contributed by atoms with Gasteiger partial charge in [0, 0.05) is 6.04 Å². The Hall–Kier alpha value is -1.52. The molecule has 0 fully saturated rings. The van der Waals surface area contributed by atoms with Crippen molar-refractivity contribution < 1.29 is 13.5 Å². The van der Waals surface area contributed by atoms with Crippen molar-refractivity contribution in [3.05, 3.63) is 57.6 Å². The molecule has 1 atom stereocenters. The molecule has 0 spiro atoms. The highest BCUT2D eigenvalue weighted by atomic mass is 35.5. The average Bonchev–Trinajstić information content (AvgIpc) is 2.43. The lowest BCUT2D eigenvalue weighted by Gasteiger charge is -2.18. The topological polar surface area (TPSA) is 21.3 Å². The first-order valence-electron chi connectivity index (χ1n) is 6.17. The predicted molar refractivity (Wildman–Crippen MR) is 81.4 cm³/mol. The Morgan fingerprint density at radius 1 is 1.10 bits per heavy atom. The Morgan fingerprint density at radius 3 is 2.29 bits per heavy atom. The molecule has 2 aromatic carbocycles. The van der Waals surface area contributed by atoms with Gasteiger partial charge in [0.2, 0.25) is 0 Å². The zero-order valence-corrected chi connectivity index (χ0v) is 12.9. The minimum absolute atomic E-state index is 0.150. The van der Waals surface area contributed by atoms with Crippen LogP contribution in [0, 0.1) is 11.6 Å². The van der Waals surface area contributed by atoms with Gasteiger partial charge in [-0.05, 0) is 36.8 Å². The van der Waals surface area contributed by atoms with Crippen molar-refractivity contribution >= 4 is 28.9 Å². The van der Waals surface area contributed by atoms with Crippen LogP contribution in [-0.2, 0) is 0 Å². The van der Waals surface area contributed by atoms with Crippen LogP contribution in [-0.4, -0.2) is 7.11 Å². The number of rotatable bonds is 4. The second-order valence-corrected chi connectivity index (χ2v) is 5.32. The zero-order valence-electron chi connectivity index (χ0n) is 11.4. The largest absolute Gasteiger partial charge is 0.494 e. The highest BCUT2D eigenvalue weighted by Gasteiger charge is 2.14. The van der Waals surface area contributed by atoms with Crippen molar-refractivity contribution in [2.75, 3.05) is 12.4 Å². The number of hydrogen-bond acceptors (Lipinski definition) is 2. The van der Waals surface area contributed by atoms with Gasteiger partial charge in [0.15, 0.2) is 11.6 Å².